The zero-order valence-electron chi connectivity index (χ0n) is 12.0. The highest BCUT2D eigenvalue weighted by Gasteiger charge is 2.27. The first kappa shape index (κ1) is 17.3. The zero-order chi connectivity index (χ0) is 17.3. The fourth-order valence-corrected chi connectivity index (χ4v) is 3.03. The third-order valence-electron chi connectivity index (χ3n) is 2.90. The standard InChI is InChI=1S/C14H9Cl3N4O2/c1-7(22)20(8(2)23)14-9(5-18)6-19-21(14)13-11(16)3-10(15)4-12(13)17/h3-4,6H,1-2H3. The van der Waals surface area contributed by atoms with Crippen molar-refractivity contribution in [2.75, 3.05) is 4.90 Å². The molecular weight excluding hydrogens is 363 g/mol. The first-order chi connectivity index (χ1) is 10.8. The van der Waals surface area contributed by atoms with E-state index in [1.54, 1.807) is 0 Å². The summed E-state index contributed by atoms with van der Waals surface area (Å²) in [6.45, 7) is 2.40. The molecule has 6 nitrogen and oxygen atoms in total. The van der Waals surface area contributed by atoms with E-state index in [1.165, 1.54) is 36.9 Å². The van der Waals surface area contributed by atoms with Crippen LogP contribution in [0.4, 0.5) is 5.82 Å². The molecular formula is C14H9Cl3N4O2. The molecule has 23 heavy (non-hydrogen) atoms. The molecule has 2 amide bonds. The number of aromatic nitrogens is 2. The van der Waals surface area contributed by atoms with Crippen molar-refractivity contribution in [2.45, 2.75) is 13.8 Å². The minimum Gasteiger partial charge on any atom is -0.274 e. The highest BCUT2D eigenvalue weighted by molar-refractivity contribution is 6.40. The molecule has 0 radical (unpaired) electrons. The predicted molar refractivity (Wildman–Crippen MR) is 87.2 cm³/mol. The minimum atomic E-state index is -0.572. The lowest BCUT2D eigenvalue weighted by Gasteiger charge is -2.20. The molecule has 9 heteroatoms. The molecule has 1 heterocycles. The van der Waals surface area contributed by atoms with Crippen molar-refractivity contribution in [3.05, 3.63) is 39.0 Å². The molecule has 118 valence electrons. The maximum absolute atomic E-state index is 11.8. The maximum atomic E-state index is 11.8. The lowest BCUT2D eigenvalue weighted by Crippen LogP contribution is -2.35. The molecule has 0 N–H and O–H groups in total. The van der Waals surface area contributed by atoms with Gasteiger partial charge in [-0.15, -0.1) is 0 Å². The molecule has 1 aromatic heterocycles. The Bertz CT molecular complexity index is 817. The molecule has 0 aliphatic heterocycles. The number of benzene rings is 1. The number of rotatable bonds is 2. The zero-order valence-corrected chi connectivity index (χ0v) is 14.2. The van der Waals surface area contributed by atoms with Crippen molar-refractivity contribution >= 4 is 52.4 Å². The number of halogens is 3. The van der Waals surface area contributed by atoms with Crippen LogP contribution in [0.1, 0.15) is 19.4 Å². The molecule has 1 aromatic carbocycles. The number of carbonyl (C=O) groups is 2. The molecule has 0 atom stereocenters. The summed E-state index contributed by atoms with van der Waals surface area (Å²) in [6.07, 6.45) is 1.22. The fraction of sp³-hybridized carbons (Fsp3) is 0.143. The van der Waals surface area contributed by atoms with Gasteiger partial charge in [-0.1, -0.05) is 34.8 Å². The van der Waals surface area contributed by atoms with E-state index in [2.05, 4.69) is 5.10 Å². The number of hydrogen-bond acceptors (Lipinski definition) is 4. The van der Waals surface area contributed by atoms with E-state index in [0.717, 1.165) is 4.90 Å². The Balaban J connectivity index is 2.82. The lowest BCUT2D eigenvalue weighted by molar-refractivity contribution is -0.124. The monoisotopic (exact) mass is 370 g/mol. The number of amides is 2. The second-order valence-corrected chi connectivity index (χ2v) is 5.75. The van der Waals surface area contributed by atoms with Gasteiger partial charge in [0.05, 0.1) is 16.2 Å². The number of nitrogens with zero attached hydrogens (tertiary/aromatic N) is 4. The molecule has 0 bridgehead atoms. The summed E-state index contributed by atoms with van der Waals surface area (Å²) in [6, 6.07) is 4.76. The van der Waals surface area contributed by atoms with Crippen molar-refractivity contribution < 1.29 is 9.59 Å². The van der Waals surface area contributed by atoms with Gasteiger partial charge in [0.2, 0.25) is 11.8 Å². The van der Waals surface area contributed by atoms with Gasteiger partial charge < -0.3 is 0 Å². The van der Waals surface area contributed by atoms with E-state index in [1.807, 2.05) is 6.07 Å². The van der Waals surface area contributed by atoms with E-state index >= 15 is 0 Å². The van der Waals surface area contributed by atoms with Crippen LogP contribution in [0.15, 0.2) is 18.3 Å². The van der Waals surface area contributed by atoms with Gasteiger partial charge in [-0.3, -0.25) is 9.59 Å². The number of anilines is 1. The van der Waals surface area contributed by atoms with Crippen LogP contribution in [0.25, 0.3) is 5.69 Å². The average Bonchev–Trinajstić information content (AvgIpc) is 2.80. The van der Waals surface area contributed by atoms with Crippen LogP contribution in [0.3, 0.4) is 0 Å². The van der Waals surface area contributed by atoms with Crippen LogP contribution in [0.5, 0.6) is 0 Å². The summed E-state index contributed by atoms with van der Waals surface area (Å²) in [7, 11) is 0. The Morgan fingerprint density at radius 3 is 2.13 bits per heavy atom. The Morgan fingerprint density at radius 2 is 1.70 bits per heavy atom. The van der Waals surface area contributed by atoms with Gasteiger partial charge in [-0.25, -0.2) is 9.58 Å². The second-order valence-electron chi connectivity index (χ2n) is 4.50. The molecule has 2 rings (SSSR count). The lowest BCUT2D eigenvalue weighted by atomic mass is 10.3. The molecule has 0 saturated heterocycles. The third-order valence-corrected chi connectivity index (χ3v) is 3.69. The van der Waals surface area contributed by atoms with E-state index in [9.17, 15) is 14.9 Å². The Kier molecular flexibility index (Phi) is 4.95. The van der Waals surface area contributed by atoms with Crippen molar-refractivity contribution in [3.8, 4) is 11.8 Å². The third kappa shape index (κ3) is 3.17. The number of imide groups is 1. The molecule has 0 unspecified atom stereocenters. The Labute approximate surface area is 146 Å². The molecule has 0 fully saturated rings. The van der Waals surface area contributed by atoms with Gasteiger partial charge in [0.25, 0.3) is 0 Å². The van der Waals surface area contributed by atoms with Gasteiger partial charge in [0.1, 0.15) is 17.3 Å². The normalized spacial score (nSPS) is 10.3. The molecule has 2 aromatic rings. The van der Waals surface area contributed by atoms with Crippen molar-refractivity contribution in [2.24, 2.45) is 0 Å². The van der Waals surface area contributed by atoms with Gasteiger partial charge in [-0.05, 0) is 12.1 Å². The van der Waals surface area contributed by atoms with Gasteiger partial charge in [-0.2, -0.15) is 10.4 Å². The summed E-state index contributed by atoms with van der Waals surface area (Å²) >= 11 is 18.2. The topological polar surface area (TPSA) is 79.0 Å². The summed E-state index contributed by atoms with van der Waals surface area (Å²) in [5.41, 5.74) is 0.235. The summed E-state index contributed by atoms with van der Waals surface area (Å²) in [4.78, 5) is 24.5. The maximum Gasteiger partial charge on any atom is 0.231 e. The highest BCUT2D eigenvalue weighted by atomic mass is 35.5. The average molecular weight is 372 g/mol. The quantitative estimate of drug-likeness (QED) is 0.808. The molecule has 0 spiro atoms. The smallest absolute Gasteiger partial charge is 0.231 e. The summed E-state index contributed by atoms with van der Waals surface area (Å²) in [5.74, 6) is -1.17. The predicted octanol–water partition coefficient (Wildman–Crippen LogP) is 3.60. The van der Waals surface area contributed by atoms with Crippen LogP contribution in [-0.2, 0) is 9.59 Å². The number of hydrogen-bond donors (Lipinski definition) is 0. The van der Waals surface area contributed by atoms with Crippen molar-refractivity contribution in [1.29, 1.82) is 5.26 Å². The van der Waals surface area contributed by atoms with E-state index in [4.69, 9.17) is 34.8 Å². The largest absolute Gasteiger partial charge is 0.274 e. The molecule has 0 aliphatic carbocycles. The summed E-state index contributed by atoms with van der Waals surface area (Å²) < 4.78 is 1.17. The Hall–Kier alpha value is -2.07. The van der Waals surface area contributed by atoms with Crippen LogP contribution >= 0.6 is 34.8 Å². The Morgan fingerprint density at radius 1 is 1.17 bits per heavy atom. The molecule has 0 aliphatic rings. The van der Waals surface area contributed by atoms with Crippen molar-refractivity contribution in [3.63, 3.8) is 0 Å². The fourth-order valence-electron chi connectivity index (χ4n) is 2.06. The number of carbonyl (C=O) groups excluding carboxylic acids is 2. The van der Waals surface area contributed by atoms with Gasteiger partial charge in [0.15, 0.2) is 5.82 Å². The first-order valence-corrected chi connectivity index (χ1v) is 7.35. The van der Waals surface area contributed by atoms with E-state index < -0.39 is 11.8 Å². The van der Waals surface area contributed by atoms with E-state index in [0.29, 0.717) is 5.02 Å². The van der Waals surface area contributed by atoms with Crippen LogP contribution in [0.2, 0.25) is 15.1 Å². The van der Waals surface area contributed by atoms with Gasteiger partial charge in [0, 0.05) is 18.9 Å². The second kappa shape index (κ2) is 6.59. The number of nitriles is 1. The van der Waals surface area contributed by atoms with Crippen LogP contribution in [0, 0.1) is 11.3 Å². The SMILES string of the molecule is CC(=O)N(C(C)=O)c1c(C#N)cnn1-c1c(Cl)cc(Cl)cc1Cl. The van der Waals surface area contributed by atoms with Crippen molar-refractivity contribution in [1.82, 2.24) is 9.78 Å². The van der Waals surface area contributed by atoms with Crippen LogP contribution < -0.4 is 4.90 Å². The minimum absolute atomic E-state index is 0.0254. The first-order valence-electron chi connectivity index (χ1n) is 6.22. The van der Waals surface area contributed by atoms with Crippen LogP contribution in [-0.4, -0.2) is 21.6 Å². The van der Waals surface area contributed by atoms with Gasteiger partial charge >= 0.3 is 0 Å². The molecule has 0 saturated carbocycles. The summed E-state index contributed by atoms with van der Waals surface area (Å²) in [5, 5.41) is 13.9. The van der Waals surface area contributed by atoms with E-state index in [-0.39, 0.29) is 27.1 Å². The highest BCUT2D eigenvalue weighted by Crippen LogP contribution is 2.35.